The maximum atomic E-state index is 11.5. The summed E-state index contributed by atoms with van der Waals surface area (Å²) in [6.07, 6.45) is 6.02. The van der Waals surface area contributed by atoms with Gasteiger partial charge in [-0.3, -0.25) is 4.79 Å². The van der Waals surface area contributed by atoms with Crippen molar-refractivity contribution in [3.63, 3.8) is 0 Å². The highest BCUT2D eigenvalue weighted by atomic mass is 16.4. The van der Waals surface area contributed by atoms with Crippen LogP contribution in [0, 0.1) is 5.92 Å². The zero-order valence-electron chi connectivity index (χ0n) is 12.7. The Hall–Kier alpha value is -0.610. The minimum absolute atomic E-state index is 0.647. The van der Waals surface area contributed by atoms with Crippen molar-refractivity contribution in [1.29, 1.82) is 0 Å². The molecule has 0 aliphatic heterocycles. The number of carboxylic acids is 1. The van der Waals surface area contributed by atoms with Gasteiger partial charge >= 0.3 is 5.97 Å². The molecule has 1 rings (SSSR count). The lowest BCUT2D eigenvalue weighted by Gasteiger charge is -2.30. The van der Waals surface area contributed by atoms with Gasteiger partial charge in [-0.15, -0.1) is 0 Å². The Kier molecular flexibility index (Phi) is 6.80. The van der Waals surface area contributed by atoms with E-state index in [9.17, 15) is 9.90 Å². The highest BCUT2D eigenvalue weighted by Gasteiger charge is 2.35. The Morgan fingerprint density at radius 2 is 2.11 bits per heavy atom. The lowest BCUT2D eigenvalue weighted by Crippen LogP contribution is -2.52. The number of rotatable bonds is 11. The summed E-state index contributed by atoms with van der Waals surface area (Å²) in [4.78, 5) is 13.9. The van der Waals surface area contributed by atoms with E-state index in [2.05, 4.69) is 24.2 Å². The molecule has 19 heavy (non-hydrogen) atoms. The number of carboxylic acid groups (broad SMARTS) is 1. The van der Waals surface area contributed by atoms with Gasteiger partial charge in [0.25, 0.3) is 0 Å². The SMILES string of the molecule is CCCNC(CC)(CCCN(C)CC1CC1)C(=O)O. The predicted molar refractivity (Wildman–Crippen MR) is 78.4 cm³/mol. The monoisotopic (exact) mass is 270 g/mol. The van der Waals surface area contributed by atoms with Crippen LogP contribution >= 0.6 is 0 Å². The molecule has 1 atom stereocenters. The Balaban J connectivity index is 2.35. The number of hydrogen-bond donors (Lipinski definition) is 2. The van der Waals surface area contributed by atoms with E-state index in [1.807, 2.05) is 6.92 Å². The maximum Gasteiger partial charge on any atom is 0.323 e. The van der Waals surface area contributed by atoms with Crippen molar-refractivity contribution in [3.8, 4) is 0 Å². The number of nitrogens with one attached hydrogen (secondary N) is 1. The van der Waals surface area contributed by atoms with Crippen LogP contribution in [0.1, 0.15) is 52.4 Å². The van der Waals surface area contributed by atoms with Crippen molar-refractivity contribution in [1.82, 2.24) is 10.2 Å². The maximum absolute atomic E-state index is 11.5. The Bertz CT molecular complexity index is 279. The van der Waals surface area contributed by atoms with Gasteiger partial charge in [-0.05, 0) is 64.6 Å². The molecule has 0 heterocycles. The molecular formula is C15H30N2O2. The fraction of sp³-hybridized carbons (Fsp3) is 0.933. The van der Waals surface area contributed by atoms with Gasteiger partial charge in [0.1, 0.15) is 5.54 Å². The van der Waals surface area contributed by atoms with E-state index < -0.39 is 11.5 Å². The highest BCUT2D eigenvalue weighted by Crippen LogP contribution is 2.29. The van der Waals surface area contributed by atoms with Crippen LogP contribution < -0.4 is 5.32 Å². The van der Waals surface area contributed by atoms with Crippen molar-refractivity contribution >= 4 is 5.97 Å². The van der Waals surface area contributed by atoms with E-state index >= 15 is 0 Å². The second kappa shape index (κ2) is 7.85. The first-order valence-electron chi connectivity index (χ1n) is 7.71. The normalized spacial score (nSPS) is 18.5. The van der Waals surface area contributed by atoms with Gasteiger partial charge in [-0.1, -0.05) is 13.8 Å². The summed E-state index contributed by atoms with van der Waals surface area (Å²) >= 11 is 0. The zero-order valence-corrected chi connectivity index (χ0v) is 12.7. The number of hydrogen-bond acceptors (Lipinski definition) is 3. The first kappa shape index (κ1) is 16.4. The Morgan fingerprint density at radius 1 is 1.42 bits per heavy atom. The third-order valence-electron chi connectivity index (χ3n) is 4.14. The van der Waals surface area contributed by atoms with Crippen LogP contribution in [-0.2, 0) is 4.79 Å². The number of aliphatic carboxylic acids is 1. The summed E-state index contributed by atoms with van der Waals surface area (Å²) in [5.41, 5.74) is -0.726. The minimum Gasteiger partial charge on any atom is -0.480 e. The van der Waals surface area contributed by atoms with Gasteiger partial charge in [0, 0.05) is 6.54 Å². The molecule has 0 aromatic carbocycles. The average Bonchev–Trinajstić information content (AvgIpc) is 3.17. The molecule has 1 unspecified atom stereocenters. The lowest BCUT2D eigenvalue weighted by molar-refractivity contribution is -0.145. The molecule has 0 saturated heterocycles. The Morgan fingerprint density at radius 3 is 2.58 bits per heavy atom. The number of nitrogens with zero attached hydrogens (tertiary/aromatic N) is 1. The quantitative estimate of drug-likeness (QED) is 0.605. The van der Waals surface area contributed by atoms with Gasteiger partial charge in [0.15, 0.2) is 0 Å². The summed E-state index contributed by atoms with van der Waals surface area (Å²) in [5.74, 6) is 0.201. The molecule has 0 radical (unpaired) electrons. The van der Waals surface area contributed by atoms with Gasteiger partial charge in [0.2, 0.25) is 0 Å². The molecule has 0 bridgehead atoms. The first-order chi connectivity index (χ1) is 9.04. The van der Waals surface area contributed by atoms with Crippen LogP contribution in [0.5, 0.6) is 0 Å². The molecule has 0 spiro atoms. The van der Waals surface area contributed by atoms with Crippen molar-refractivity contribution in [3.05, 3.63) is 0 Å². The molecular weight excluding hydrogens is 240 g/mol. The zero-order chi connectivity index (χ0) is 14.3. The summed E-state index contributed by atoms with van der Waals surface area (Å²) < 4.78 is 0. The Labute approximate surface area is 117 Å². The summed E-state index contributed by atoms with van der Waals surface area (Å²) in [5, 5.41) is 12.7. The van der Waals surface area contributed by atoms with E-state index in [0.717, 1.165) is 31.8 Å². The number of carbonyl (C=O) groups is 1. The van der Waals surface area contributed by atoms with E-state index in [1.165, 1.54) is 19.4 Å². The fourth-order valence-electron chi connectivity index (χ4n) is 2.57. The van der Waals surface area contributed by atoms with Gasteiger partial charge in [-0.25, -0.2) is 0 Å². The largest absolute Gasteiger partial charge is 0.480 e. The molecule has 4 nitrogen and oxygen atoms in total. The molecule has 0 aromatic rings. The molecule has 1 fully saturated rings. The molecule has 1 aliphatic carbocycles. The van der Waals surface area contributed by atoms with E-state index in [1.54, 1.807) is 0 Å². The summed E-state index contributed by atoms with van der Waals surface area (Å²) in [7, 11) is 2.15. The molecule has 0 amide bonds. The van der Waals surface area contributed by atoms with Gasteiger partial charge in [0.05, 0.1) is 0 Å². The smallest absolute Gasteiger partial charge is 0.323 e. The third kappa shape index (κ3) is 5.49. The van der Waals surface area contributed by atoms with E-state index in [4.69, 9.17) is 0 Å². The summed E-state index contributed by atoms with van der Waals surface area (Å²) in [6, 6.07) is 0. The average molecular weight is 270 g/mol. The van der Waals surface area contributed by atoms with Crippen molar-refractivity contribution in [2.45, 2.75) is 57.9 Å². The standard InChI is InChI=1S/C15H30N2O2/c1-4-10-16-15(5-2,14(18)19)9-6-11-17(3)12-13-7-8-13/h13,16H,4-12H2,1-3H3,(H,18,19). The molecule has 4 heteroatoms. The molecule has 0 aromatic heterocycles. The van der Waals surface area contributed by atoms with Gasteiger partial charge < -0.3 is 15.3 Å². The van der Waals surface area contributed by atoms with Crippen LogP contribution in [0.4, 0.5) is 0 Å². The van der Waals surface area contributed by atoms with Crippen LogP contribution in [0.15, 0.2) is 0 Å². The van der Waals surface area contributed by atoms with Gasteiger partial charge in [-0.2, -0.15) is 0 Å². The molecule has 1 saturated carbocycles. The predicted octanol–water partition coefficient (Wildman–Crippen LogP) is 2.34. The fourth-order valence-corrected chi connectivity index (χ4v) is 2.57. The first-order valence-corrected chi connectivity index (χ1v) is 7.71. The summed E-state index contributed by atoms with van der Waals surface area (Å²) in [6.45, 7) is 6.98. The molecule has 2 N–H and O–H groups in total. The second-order valence-corrected chi connectivity index (χ2v) is 5.98. The lowest BCUT2D eigenvalue weighted by atomic mass is 9.90. The molecule has 112 valence electrons. The topological polar surface area (TPSA) is 52.6 Å². The third-order valence-corrected chi connectivity index (χ3v) is 4.14. The van der Waals surface area contributed by atoms with Crippen LogP contribution in [-0.4, -0.2) is 48.2 Å². The molecule has 1 aliphatic rings. The van der Waals surface area contributed by atoms with Crippen LogP contribution in [0.25, 0.3) is 0 Å². The van der Waals surface area contributed by atoms with Crippen LogP contribution in [0.3, 0.4) is 0 Å². The van der Waals surface area contributed by atoms with E-state index in [-0.39, 0.29) is 0 Å². The van der Waals surface area contributed by atoms with Crippen LogP contribution in [0.2, 0.25) is 0 Å². The van der Waals surface area contributed by atoms with E-state index in [0.29, 0.717) is 12.8 Å². The van der Waals surface area contributed by atoms with Crippen molar-refractivity contribution < 1.29 is 9.90 Å². The van der Waals surface area contributed by atoms with Crippen molar-refractivity contribution in [2.75, 3.05) is 26.7 Å². The second-order valence-electron chi connectivity index (χ2n) is 5.98. The highest BCUT2D eigenvalue weighted by molar-refractivity contribution is 5.78. The van der Waals surface area contributed by atoms with Crippen molar-refractivity contribution in [2.24, 2.45) is 5.92 Å². The minimum atomic E-state index is -0.726.